The van der Waals surface area contributed by atoms with Gasteiger partial charge in [0, 0.05) is 58.0 Å². The van der Waals surface area contributed by atoms with Crippen molar-refractivity contribution < 1.29 is 23.4 Å². The number of carbonyl (C=O) groups excluding carboxylic acids is 1. The predicted molar refractivity (Wildman–Crippen MR) is 175 cm³/mol. The average molecular weight is 629 g/mol. The molecule has 1 amide bonds. The Bertz CT molecular complexity index is 1230. The summed E-state index contributed by atoms with van der Waals surface area (Å²) in [5.41, 5.74) is 7.71. The smallest absolute Gasteiger partial charge is 0.240 e. The molecule has 2 aliphatic rings. The zero-order valence-electron chi connectivity index (χ0n) is 28.2. The molecule has 45 heavy (non-hydrogen) atoms. The maximum absolute atomic E-state index is 15.0. The summed E-state index contributed by atoms with van der Waals surface area (Å²) in [6, 6.07) is 10.8. The molecule has 0 radical (unpaired) electrons. The summed E-state index contributed by atoms with van der Waals surface area (Å²) in [5.74, 6) is 0.467. The standard InChI is InChI=1S/C34H53FN6O4/c1-8-43-31(44-9-2)23-41(33(42)30(36)18-25-10-13-28(14-11-25)45-34(4,5)6)20-26-12-15-29(35)32(37-26)40-21-27(22-40)39-17-16-38(7)24(3)19-39/h10-15,24,27,30-31H,8-9,16-23,36H2,1-7H3/t24-,30+/m1/s1. The van der Waals surface area contributed by atoms with Crippen molar-refractivity contribution in [2.45, 2.75) is 84.5 Å². The van der Waals surface area contributed by atoms with Gasteiger partial charge in [-0.1, -0.05) is 12.1 Å². The maximum atomic E-state index is 15.0. The summed E-state index contributed by atoms with van der Waals surface area (Å²) >= 11 is 0. The van der Waals surface area contributed by atoms with Gasteiger partial charge in [-0.05, 0) is 84.8 Å². The highest BCUT2D eigenvalue weighted by molar-refractivity contribution is 5.82. The Balaban J connectivity index is 1.45. The molecule has 0 spiro atoms. The summed E-state index contributed by atoms with van der Waals surface area (Å²) in [6.07, 6.45) is -0.270. The first-order valence-corrected chi connectivity index (χ1v) is 16.3. The molecule has 2 saturated heterocycles. The number of likely N-dealkylation sites (N-methyl/N-ethyl adjacent to an activating group) is 1. The van der Waals surface area contributed by atoms with Crippen LogP contribution in [0.3, 0.4) is 0 Å². The van der Waals surface area contributed by atoms with Gasteiger partial charge < -0.3 is 34.6 Å². The van der Waals surface area contributed by atoms with Gasteiger partial charge in [-0.2, -0.15) is 0 Å². The third kappa shape index (κ3) is 9.83. The van der Waals surface area contributed by atoms with Crippen molar-refractivity contribution >= 4 is 11.7 Å². The second kappa shape index (κ2) is 15.6. The van der Waals surface area contributed by atoms with Crippen LogP contribution in [0.2, 0.25) is 0 Å². The number of ether oxygens (including phenoxy) is 3. The fourth-order valence-corrected chi connectivity index (χ4v) is 5.80. The van der Waals surface area contributed by atoms with Crippen LogP contribution in [0.1, 0.15) is 52.8 Å². The van der Waals surface area contributed by atoms with Crippen molar-refractivity contribution in [2.75, 3.05) is 64.4 Å². The van der Waals surface area contributed by atoms with E-state index in [0.717, 1.165) is 44.0 Å². The number of halogens is 1. The van der Waals surface area contributed by atoms with Crippen molar-refractivity contribution in [1.29, 1.82) is 0 Å². The highest BCUT2D eigenvalue weighted by Gasteiger charge is 2.36. The normalized spacial score (nSPS) is 19.1. The molecule has 4 rings (SSSR count). The number of anilines is 1. The Morgan fingerprint density at radius 1 is 1.07 bits per heavy atom. The number of rotatable bonds is 14. The Morgan fingerprint density at radius 2 is 1.73 bits per heavy atom. The third-order valence-electron chi connectivity index (χ3n) is 8.41. The number of pyridine rings is 1. The molecule has 0 aliphatic carbocycles. The Labute approximate surface area is 268 Å². The van der Waals surface area contributed by atoms with E-state index < -0.39 is 12.3 Å². The van der Waals surface area contributed by atoms with Crippen LogP contribution >= 0.6 is 0 Å². The van der Waals surface area contributed by atoms with Gasteiger partial charge in [-0.25, -0.2) is 9.37 Å². The topological polar surface area (TPSA) is 96.6 Å². The van der Waals surface area contributed by atoms with Crippen molar-refractivity contribution in [3.8, 4) is 5.75 Å². The monoisotopic (exact) mass is 628 g/mol. The minimum absolute atomic E-state index is 0.155. The van der Waals surface area contributed by atoms with Crippen molar-refractivity contribution in [1.82, 2.24) is 19.7 Å². The van der Waals surface area contributed by atoms with Crippen LogP contribution in [0.4, 0.5) is 10.2 Å². The van der Waals surface area contributed by atoms with Crippen LogP contribution in [0.25, 0.3) is 0 Å². The molecule has 0 bridgehead atoms. The highest BCUT2D eigenvalue weighted by Crippen LogP contribution is 2.27. The number of hydrogen-bond acceptors (Lipinski definition) is 9. The van der Waals surface area contributed by atoms with Crippen molar-refractivity contribution in [3.63, 3.8) is 0 Å². The number of nitrogens with two attached hydrogens (primary N) is 1. The molecule has 1 aromatic carbocycles. The zero-order valence-corrected chi connectivity index (χ0v) is 28.2. The Morgan fingerprint density at radius 3 is 2.33 bits per heavy atom. The molecule has 2 N–H and O–H groups in total. The molecule has 2 atom stereocenters. The largest absolute Gasteiger partial charge is 0.488 e. The SMILES string of the molecule is CCOC(CN(Cc1ccc(F)c(N2CC(N3CCN(C)[C@H](C)C3)C2)n1)C(=O)[C@@H](N)Cc1ccc(OC(C)(C)C)cc1)OCC. The number of hydrogen-bond donors (Lipinski definition) is 1. The second-order valence-electron chi connectivity index (χ2n) is 13.2. The third-order valence-corrected chi connectivity index (χ3v) is 8.41. The van der Waals surface area contributed by atoms with Crippen molar-refractivity contribution in [3.05, 3.63) is 53.5 Å². The van der Waals surface area contributed by atoms with Gasteiger partial charge >= 0.3 is 0 Å². The van der Waals surface area contributed by atoms with Gasteiger partial charge in [-0.3, -0.25) is 9.69 Å². The minimum atomic E-state index is -0.801. The van der Waals surface area contributed by atoms with Crippen LogP contribution in [-0.4, -0.2) is 115 Å². The van der Waals surface area contributed by atoms with E-state index >= 15 is 4.39 Å². The first-order chi connectivity index (χ1) is 21.4. The van der Waals surface area contributed by atoms with Gasteiger partial charge in [-0.15, -0.1) is 0 Å². The van der Waals surface area contributed by atoms with Gasteiger partial charge in [0.25, 0.3) is 0 Å². The summed E-state index contributed by atoms with van der Waals surface area (Å²) in [6.45, 7) is 17.7. The molecule has 250 valence electrons. The van der Waals surface area contributed by atoms with Crippen LogP contribution < -0.4 is 15.4 Å². The molecule has 11 heteroatoms. The molecular weight excluding hydrogens is 575 g/mol. The van der Waals surface area contributed by atoms with Crippen LogP contribution in [0.5, 0.6) is 5.75 Å². The van der Waals surface area contributed by atoms with Gasteiger partial charge in [0.15, 0.2) is 17.9 Å². The van der Waals surface area contributed by atoms with E-state index in [-0.39, 0.29) is 30.4 Å². The predicted octanol–water partition coefficient (Wildman–Crippen LogP) is 3.52. The van der Waals surface area contributed by atoms with Crippen LogP contribution in [-0.2, 0) is 27.2 Å². The number of nitrogens with zero attached hydrogens (tertiary/aromatic N) is 5. The summed E-state index contributed by atoms with van der Waals surface area (Å²) in [7, 11) is 2.16. The zero-order chi connectivity index (χ0) is 32.7. The Hall–Kier alpha value is -2.83. The average Bonchev–Trinajstić information content (AvgIpc) is 2.95. The van der Waals surface area contributed by atoms with E-state index in [1.54, 1.807) is 11.0 Å². The van der Waals surface area contributed by atoms with Gasteiger partial charge in [0.2, 0.25) is 5.91 Å². The van der Waals surface area contributed by atoms with Gasteiger partial charge in [0.05, 0.1) is 24.8 Å². The molecule has 3 heterocycles. The lowest BCUT2D eigenvalue weighted by Gasteiger charge is -2.49. The number of piperazine rings is 1. The minimum Gasteiger partial charge on any atom is -0.488 e. The molecule has 0 unspecified atom stereocenters. The van der Waals surface area contributed by atoms with E-state index in [1.807, 2.05) is 63.8 Å². The second-order valence-corrected chi connectivity index (χ2v) is 13.2. The number of carbonyl (C=O) groups is 1. The first kappa shape index (κ1) is 35.0. The summed E-state index contributed by atoms with van der Waals surface area (Å²) in [5, 5.41) is 0. The van der Waals surface area contributed by atoms with Crippen molar-refractivity contribution in [2.24, 2.45) is 5.73 Å². The van der Waals surface area contributed by atoms with E-state index in [4.69, 9.17) is 24.9 Å². The lowest BCUT2D eigenvalue weighted by atomic mass is 10.0. The van der Waals surface area contributed by atoms with Crippen LogP contribution in [0, 0.1) is 5.82 Å². The molecule has 2 aliphatic heterocycles. The molecular formula is C34H53FN6O4. The number of benzene rings is 1. The molecule has 2 aromatic rings. The summed E-state index contributed by atoms with van der Waals surface area (Å²) in [4.78, 5) is 27.0. The fraction of sp³-hybridized carbons (Fsp3) is 0.647. The lowest BCUT2D eigenvalue weighted by Crippen LogP contribution is -2.64. The molecule has 10 nitrogen and oxygen atoms in total. The number of amides is 1. The summed E-state index contributed by atoms with van der Waals surface area (Å²) < 4.78 is 32.5. The van der Waals surface area contributed by atoms with Crippen LogP contribution in [0.15, 0.2) is 36.4 Å². The first-order valence-electron chi connectivity index (χ1n) is 16.3. The Kier molecular flexibility index (Phi) is 12.2. The van der Waals surface area contributed by atoms with Gasteiger partial charge in [0.1, 0.15) is 11.4 Å². The quantitative estimate of drug-likeness (QED) is 0.315. The number of aromatic nitrogens is 1. The molecule has 1 aromatic heterocycles. The fourth-order valence-electron chi connectivity index (χ4n) is 5.80. The lowest BCUT2D eigenvalue weighted by molar-refractivity contribution is -0.160. The highest BCUT2D eigenvalue weighted by atomic mass is 19.1. The molecule has 2 fully saturated rings. The van der Waals surface area contributed by atoms with E-state index in [1.165, 1.54) is 6.07 Å². The van der Waals surface area contributed by atoms with E-state index in [9.17, 15) is 4.79 Å². The van der Waals surface area contributed by atoms with E-state index in [0.29, 0.717) is 43.2 Å². The molecule has 0 saturated carbocycles. The maximum Gasteiger partial charge on any atom is 0.240 e. The van der Waals surface area contributed by atoms with E-state index in [2.05, 4.69) is 23.8 Å².